The van der Waals surface area contributed by atoms with Crippen molar-refractivity contribution >= 4 is 24.5 Å². The number of carbonyl (C=O) groups excluding carboxylic acids is 1. The Balaban J connectivity index is 2.95. The molecule has 0 fully saturated rings. The number of benzene rings is 1. The lowest BCUT2D eigenvalue weighted by atomic mass is 9.83. The Kier molecular flexibility index (Phi) is 4.78. The van der Waals surface area contributed by atoms with Crippen LogP contribution in [-0.4, -0.2) is 28.8 Å². The summed E-state index contributed by atoms with van der Waals surface area (Å²) in [5.74, 6) is -1.09. The highest BCUT2D eigenvalue weighted by Gasteiger charge is 2.35. The first kappa shape index (κ1) is 14.6. The molecule has 1 amide bonds. The first-order valence-corrected chi connectivity index (χ1v) is 6.25. The maximum Gasteiger partial charge on any atom is 0.325 e. The smallest absolute Gasteiger partial charge is 0.325 e. The van der Waals surface area contributed by atoms with Crippen molar-refractivity contribution in [3.63, 3.8) is 0 Å². The van der Waals surface area contributed by atoms with E-state index in [0.717, 1.165) is 5.56 Å². The fraction of sp³-hybridized carbons (Fsp3) is 0.385. The molecule has 98 valence electrons. The summed E-state index contributed by atoms with van der Waals surface area (Å²) >= 11 is 4.22. The van der Waals surface area contributed by atoms with E-state index >= 15 is 0 Å². The summed E-state index contributed by atoms with van der Waals surface area (Å²) in [5, 5.41) is 11.3. The van der Waals surface area contributed by atoms with Crippen LogP contribution in [0.4, 0.5) is 0 Å². The van der Waals surface area contributed by atoms with Crippen molar-refractivity contribution in [1.82, 2.24) is 5.32 Å². The van der Waals surface area contributed by atoms with Crippen LogP contribution in [0.2, 0.25) is 0 Å². The maximum atomic E-state index is 12.2. The minimum atomic E-state index is -1.06. The molecule has 0 aliphatic carbocycles. The highest BCUT2D eigenvalue weighted by atomic mass is 32.1. The maximum absolute atomic E-state index is 12.2. The number of hydrogen-bond donors (Lipinski definition) is 3. The number of carboxylic acids is 1. The van der Waals surface area contributed by atoms with Crippen molar-refractivity contribution in [2.45, 2.75) is 25.3 Å². The van der Waals surface area contributed by atoms with Crippen LogP contribution in [0.25, 0.3) is 0 Å². The monoisotopic (exact) mass is 267 g/mol. The number of rotatable bonds is 5. The van der Waals surface area contributed by atoms with Gasteiger partial charge in [0, 0.05) is 5.75 Å². The Morgan fingerprint density at radius 1 is 1.39 bits per heavy atom. The third kappa shape index (κ3) is 3.04. The zero-order chi connectivity index (χ0) is 13.8. The predicted octanol–water partition coefficient (Wildman–Crippen LogP) is 1.46. The van der Waals surface area contributed by atoms with Crippen molar-refractivity contribution in [3.8, 4) is 0 Å². The number of nitrogens with one attached hydrogen (secondary N) is 1. The summed E-state index contributed by atoms with van der Waals surface area (Å²) in [6.07, 6.45) is 0. The average molecular weight is 267 g/mol. The van der Waals surface area contributed by atoms with E-state index in [1.807, 2.05) is 30.3 Å². The van der Waals surface area contributed by atoms with Crippen LogP contribution in [0.1, 0.15) is 19.4 Å². The number of carboxylic acid groups (broad SMARTS) is 1. The van der Waals surface area contributed by atoms with Crippen molar-refractivity contribution in [2.24, 2.45) is 0 Å². The molecule has 0 saturated carbocycles. The fourth-order valence-electron chi connectivity index (χ4n) is 1.52. The molecule has 0 radical (unpaired) electrons. The molecule has 0 spiro atoms. The summed E-state index contributed by atoms with van der Waals surface area (Å²) in [7, 11) is 0. The van der Waals surface area contributed by atoms with Crippen LogP contribution in [0.15, 0.2) is 30.3 Å². The first-order valence-electron chi connectivity index (χ1n) is 5.62. The SMILES string of the molecule is C[C@H](NC(=O)C(C)(CS)c1ccccc1)C(=O)O. The molecule has 18 heavy (non-hydrogen) atoms. The quantitative estimate of drug-likeness (QED) is 0.708. The van der Waals surface area contributed by atoms with Gasteiger partial charge in [-0.1, -0.05) is 30.3 Å². The number of hydrogen-bond acceptors (Lipinski definition) is 3. The molecule has 4 nitrogen and oxygen atoms in total. The average Bonchev–Trinajstić information content (AvgIpc) is 2.38. The molecule has 2 N–H and O–H groups in total. The first-order chi connectivity index (χ1) is 8.41. The molecule has 1 rings (SSSR count). The Labute approximate surface area is 112 Å². The Morgan fingerprint density at radius 2 is 1.94 bits per heavy atom. The van der Waals surface area contributed by atoms with Crippen molar-refractivity contribution in [2.75, 3.05) is 5.75 Å². The van der Waals surface area contributed by atoms with E-state index in [2.05, 4.69) is 17.9 Å². The fourth-order valence-corrected chi connectivity index (χ4v) is 1.84. The molecule has 1 aromatic carbocycles. The molecule has 0 heterocycles. The Hall–Kier alpha value is -1.49. The van der Waals surface area contributed by atoms with Gasteiger partial charge >= 0.3 is 5.97 Å². The van der Waals surface area contributed by atoms with E-state index in [1.165, 1.54) is 6.92 Å². The molecular weight excluding hydrogens is 250 g/mol. The van der Waals surface area contributed by atoms with Gasteiger partial charge in [0.05, 0.1) is 5.41 Å². The lowest BCUT2D eigenvalue weighted by Gasteiger charge is -2.28. The molecular formula is C13H17NO3S. The van der Waals surface area contributed by atoms with Gasteiger partial charge < -0.3 is 10.4 Å². The summed E-state index contributed by atoms with van der Waals surface area (Å²) in [4.78, 5) is 22.9. The van der Waals surface area contributed by atoms with Crippen molar-refractivity contribution in [3.05, 3.63) is 35.9 Å². The van der Waals surface area contributed by atoms with Gasteiger partial charge in [-0.15, -0.1) is 0 Å². The van der Waals surface area contributed by atoms with Gasteiger partial charge in [-0.2, -0.15) is 12.6 Å². The van der Waals surface area contributed by atoms with Gasteiger partial charge in [-0.3, -0.25) is 9.59 Å². The normalized spacial score (nSPS) is 15.5. The van der Waals surface area contributed by atoms with E-state index < -0.39 is 17.4 Å². The van der Waals surface area contributed by atoms with Gasteiger partial charge in [0.2, 0.25) is 5.91 Å². The molecule has 1 unspecified atom stereocenters. The third-order valence-electron chi connectivity index (χ3n) is 2.95. The number of aliphatic carboxylic acids is 1. The van der Waals surface area contributed by atoms with Gasteiger partial charge in [0.25, 0.3) is 0 Å². The minimum Gasteiger partial charge on any atom is -0.480 e. The third-order valence-corrected chi connectivity index (χ3v) is 3.58. The molecule has 0 saturated heterocycles. The van der Waals surface area contributed by atoms with Crippen LogP contribution in [-0.2, 0) is 15.0 Å². The molecule has 0 bridgehead atoms. The lowest BCUT2D eigenvalue weighted by molar-refractivity contribution is -0.142. The summed E-state index contributed by atoms with van der Waals surface area (Å²) in [5.41, 5.74) is -0.0243. The van der Waals surface area contributed by atoms with Gasteiger partial charge in [-0.05, 0) is 19.4 Å². The van der Waals surface area contributed by atoms with Crippen molar-refractivity contribution in [1.29, 1.82) is 0 Å². The number of thiol groups is 1. The topological polar surface area (TPSA) is 66.4 Å². The van der Waals surface area contributed by atoms with E-state index in [1.54, 1.807) is 6.92 Å². The molecule has 0 aromatic heterocycles. The Morgan fingerprint density at radius 3 is 2.39 bits per heavy atom. The summed E-state index contributed by atoms with van der Waals surface area (Å²) in [6, 6.07) is 8.29. The second-order valence-electron chi connectivity index (χ2n) is 4.39. The van der Waals surface area contributed by atoms with Crippen LogP contribution in [0, 0.1) is 0 Å². The van der Waals surface area contributed by atoms with Crippen LogP contribution < -0.4 is 5.32 Å². The van der Waals surface area contributed by atoms with Gasteiger partial charge in [-0.25, -0.2) is 0 Å². The molecule has 2 atom stereocenters. The molecule has 5 heteroatoms. The Bertz CT molecular complexity index is 435. The standard InChI is InChI=1S/C13H17NO3S/c1-9(11(15)16)14-12(17)13(2,8-18)10-6-4-3-5-7-10/h3-7,9,18H,8H2,1-2H3,(H,14,17)(H,15,16)/t9-,13?/m0/s1. The van der Waals surface area contributed by atoms with Gasteiger partial charge in [0.15, 0.2) is 0 Å². The highest BCUT2D eigenvalue weighted by Crippen LogP contribution is 2.25. The second kappa shape index (κ2) is 5.91. The highest BCUT2D eigenvalue weighted by molar-refractivity contribution is 7.80. The van der Waals surface area contributed by atoms with Crippen LogP contribution >= 0.6 is 12.6 Å². The van der Waals surface area contributed by atoms with Crippen LogP contribution in [0.3, 0.4) is 0 Å². The summed E-state index contributed by atoms with van der Waals surface area (Å²) in [6.45, 7) is 3.18. The molecule has 1 aromatic rings. The van der Waals surface area contributed by atoms with Crippen LogP contribution in [0.5, 0.6) is 0 Å². The summed E-state index contributed by atoms with van der Waals surface area (Å²) < 4.78 is 0. The number of amides is 1. The molecule has 0 aliphatic rings. The van der Waals surface area contributed by atoms with Crippen molar-refractivity contribution < 1.29 is 14.7 Å². The minimum absolute atomic E-state index is 0.301. The van der Waals surface area contributed by atoms with E-state index in [0.29, 0.717) is 5.75 Å². The second-order valence-corrected chi connectivity index (χ2v) is 4.71. The zero-order valence-electron chi connectivity index (χ0n) is 10.4. The van der Waals surface area contributed by atoms with Gasteiger partial charge in [0.1, 0.15) is 6.04 Å². The largest absolute Gasteiger partial charge is 0.480 e. The van der Waals surface area contributed by atoms with E-state index in [4.69, 9.17) is 5.11 Å². The number of carbonyl (C=O) groups is 2. The molecule has 0 aliphatic heterocycles. The predicted molar refractivity (Wildman–Crippen MR) is 72.9 cm³/mol. The van der Waals surface area contributed by atoms with E-state index in [-0.39, 0.29) is 5.91 Å². The van der Waals surface area contributed by atoms with E-state index in [9.17, 15) is 9.59 Å². The zero-order valence-corrected chi connectivity index (χ0v) is 11.3. The lowest BCUT2D eigenvalue weighted by Crippen LogP contribution is -2.49.